The van der Waals surface area contributed by atoms with E-state index in [1.165, 1.54) is 19.2 Å². The smallest absolute Gasteiger partial charge is 0.253 e. The predicted molar refractivity (Wildman–Crippen MR) is 104 cm³/mol. The van der Waals surface area contributed by atoms with Gasteiger partial charge in [0.2, 0.25) is 10.0 Å². The Morgan fingerprint density at radius 1 is 1.19 bits per heavy atom. The highest BCUT2D eigenvalue weighted by Gasteiger charge is 2.18. The molecule has 140 valence electrons. The van der Waals surface area contributed by atoms with Gasteiger partial charge in [0, 0.05) is 7.05 Å². The maximum absolute atomic E-state index is 12.6. The topological polar surface area (TPSA) is 75.7 Å². The number of rotatable bonds is 6. The highest BCUT2D eigenvalue weighted by atomic mass is 35.5. The molecular weight excluding hydrogens is 376 g/mol. The highest BCUT2D eigenvalue weighted by molar-refractivity contribution is 7.92. The lowest BCUT2D eigenvalue weighted by atomic mass is 10.1. The van der Waals surface area contributed by atoms with Crippen molar-refractivity contribution in [3.8, 4) is 5.75 Å². The number of hydrogen-bond acceptors (Lipinski definition) is 4. The SMILES string of the molecule is COc1ccc([C@@H](C)NC(=O)c2cc(N(C)S(C)(=O)=O)ccc2Cl)cc1. The summed E-state index contributed by atoms with van der Waals surface area (Å²) in [5.74, 6) is 0.342. The summed E-state index contributed by atoms with van der Waals surface area (Å²) in [5, 5.41) is 3.11. The normalized spacial score (nSPS) is 12.3. The summed E-state index contributed by atoms with van der Waals surface area (Å²) in [6.07, 6.45) is 1.09. The second kappa shape index (κ2) is 7.97. The molecular formula is C18H21ClN2O4S. The number of ether oxygens (including phenoxy) is 1. The average Bonchev–Trinajstić information content (AvgIpc) is 2.60. The summed E-state index contributed by atoms with van der Waals surface area (Å²) in [6, 6.07) is 11.6. The van der Waals surface area contributed by atoms with Gasteiger partial charge in [0.25, 0.3) is 5.91 Å². The van der Waals surface area contributed by atoms with Gasteiger partial charge in [-0.1, -0.05) is 23.7 Å². The van der Waals surface area contributed by atoms with E-state index >= 15 is 0 Å². The van der Waals surface area contributed by atoms with Crippen LogP contribution >= 0.6 is 11.6 Å². The maximum Gasteiger partial charge on any atom is 0.253 e. The number of methoxy groups -OCH3 is 1. The molecule has 0 radical (unpaired) electrons. The Hall–Kier alpha value is -2.25. The second-order valence-electron chi connectivity index (χ2n) is 5.86. The molecule has 2 aromatic carbocycles. The zero-order valence-corrected chi connectivity index (χ0v) is 16.6. The number of halogens is 1. The molecule has 2 aromatic rings. The van der Waals surface area contributed by atoms with Crippen LogP contribution < -0.4 is 14.4 Å². The zero-order valence-electron chi connectivity index (χ0n) is 15.0. The van der Waals surface area contributed by atoms with E-state index in [1.807, 2.05) is 31.2 Å². The van der Waals surface area contributed by atoms with Crippen LogP contribution in [0.3, 0.4) is 0 Å². The Morgan fingerprint density at radius 2 is 1.81 bits per heavy atom. The third kappa shape index (κ3) is 4.68. The molecule has 0 aliphatic carbocycles. The van der Waals surface area contributed by atoms with Gasteiger partial charge >= 0.3 is 0 Å². The molecule has 1 amide bonds. The summed E-state index contributed by atoms with van der Waals surface area (Å²) in [6.45, 7) is 1.85. The highest BCUT2D eigenvalue weighted by Crippen LogP contribution is 2.25. The zero-order chi connectivity index (χ0) is 19.5. The third-order valence-electron chi connectivity index (χ3n) is 4.02. The Kier molecular flexibility index (Phi) is 6.15. The maximum atomic E-state index is 12.6. The molecule has 0 unspecified atom stereocenters. The first-order valence-electron chi connectivity index (χ1n) is 7.81. The van der Waals surface area contributed by atoms with Crippen LogP contribution in [-0.4, -0.2) is 34.7 Å². The van der Waals surface area contributed by atoms with Crippen LogP contribution in [-0.2, 0) is 10.0 Å². The lowest BCUT2D eigenvalue weighted by Gasteiger charge is -2.19. The number of carbonyl (C=O) groups is 1. The molecule has 2 rings (SSSR count). The van der Waals surface area contributed by atoms with Gasteiger partial charge < -0.3 is 10.1 Å². The number of amides is 1. The van der Waals surface area contributed by atoms with Crippen molar-refractivity contribution in [3.63, 3.8) is 0 Å². The first kappa shape index (κ1) is 20.1. The minimum atomic E-state index is -3.44. The van der Waals surface area contributed by atoms with E-state index < -0.39 is 10.0 Å². The van der Waals surface area contributed by atoms with Gasteiger partial charge in [0.1, 0.15) is 5.75 Å². The molecule has 6 nitrogen and oxygen atoms in total. The van der Waals surface area contributed by atoms with Crippen LogP contribution in [0.1, 0.15) is 28.9 Å². The largest absolute Gasteiger partial charge is 0.497 e. The van der Waals surface area contributed by atoms with Crippen LogP contribution in [0.4, 0.5) is 5.69 Å². The predicted octanol–water partition coefficient (Wildman–Crippen LogP) is 3.24. The molecule has 0 aromatic heterocycles. The number of benzene rings is 2. The van der Waals surface area contributed by atoms with Crippen molar-refractivity contribution in [2.45, 2.75) is 13.0 Å². The van der Waals surface area contributed by atoms with E-state index in [1.54, 1.807) is 13.2 Å². The molecule has 1 N–H and O–H groups in total. The summed E-state index contributed by atoms with van der Waals surface area (Å²) in [7, 11) is -0.434. The number of carbonyl (C=O) groups excluding carboxylic acids is 1. The standard InChI is InChI=1S/C18H21ClN2O4S/c1-12(13-5-8-15(25-3)9-6-13)20-18(22)16-11-14(7-10-17(16)19)21(2)26(4,23)24/h5-12H,1-4H3,(H,20,22)/t12-/m1/s1. The van der Waals surface area contributed by atoms with Crippen molar-refractivity contribution in [2.75, 3.05) is 24.7 Å². The Balaban J connectivity index is 2.22. The monoisotopic (exact) mass is 396 g/mol. The summed E-state index contributed by atoms with van der Waals surface area (Å²) in [5.41, 5.74) is 1.47. The molecule has 0 heterocycles. The average molecular weight is 397 g/mol. The van der Waals surface area contributed by atoms with Crippen molar-refractivity contribution in [2.24, 2.45) is 0 Å². The van der Waals surface area contributed by atoms with Crippen molar-refractivity contribution < 1.29 is 17.9 Å². The van der Waals surface area contributed by atoms with Gasteiger partial charge in [-0.3, -0.25) is 9.10 Å². The second-order valence-corrected chi connectivity index (χ2v) is 8.28. The van der Waals surface area contributed by atoms with Crippen molar-refractivity contribution in [1.82, 2.24) is 5.32 Å². The lowest BCUT2D eigenvalue weighted by Crippen LogP contribution is -2.28. The van der Waals surface area contributed by atoms with Crippen molar-refractivity contribution in [3.05, 3.63) is 58.6 Å². The van der Waals surface area contributed by atoms with E-state index in [9.17, 15) is 13.2 Å². The summed E-state index contributed by atoms with van der Waals surface area (Å²) in [4.78, 5) is 12.6. The summed E-state index contributed by atoms with van der Waals surface area (Å²) >= 11 is 6.13. The van der Waals surface area contributed by atoms with Gasteiger partial charge in [-0.2, -0.15) is 0 Å². The lowest BCUT2D eigenvalue weighted by molar-refractivity contribution is 0.0940. The first-order valence-corrected chi connectivity index (χ1v) is 10.0. The van der Waals surface area contributed by atoms with E-state index in [0.717, 1.165) is 21.9 Å². The Labute approximate surface area is 158 Å². The van der Waals surface area contributed by atoms with Crippen LogP contribution in [0, 0.1) is 0 Å². The van der Waals surface area contributed by atoms with Crippen LogP contribution in [0.15, 0.2) is 42.5 Å². The van der Waals surface area contributed by atoms with Crippen LogP contribution in [0.2, 0.25) is 5.02 Å². The Bertz CT molecular complexity index is 898. The van der Waals surface area contributed by atoms with E-state index in [2.05, 4.69) is 5.32 Å². The quantitative estimate of drug-likeness (QED) is 0.813. The molecule has 0 aliphatic heterocycles. The van der Waals surface area contributed by atoms with Gasteiger partial charge in [-0.05, 0) is 42.8 Å². The molecule has 1 atom stereocenters. The van der Waals surface area contributed by atoms with Gasteiger partial charge in [-0.15, -0.1) is 0 Å². The molecule has 0 aliphatic rings. The number of nitrogens with zero attached hydrogens (tertiary/aromatic N) is 1. The molecule has 8 heteroatoms. The third-order valence-corrected chi connectivity index (χ3v) is 5.55. The van der Waals surface area contributed by atoms with Gasteiger partial charge in [0.15, 0.2) is 0 Å². The molecule has 0 bridgehead atoms. The first-order chi connectivity index (χ1) is 12.1. The minimum Gasteiger partial charge on any atom is -0.497 e. The fourth-order valence-corrected chi connectivity index (χ4v) is 3.02. The number of hydrogen-bond donors (Lipinski definition) is 1. The Morgan fingerprint density at radius 3 is 2.35 bits per heavy atom. The molecule has 0 spiro atoms. The van der Waals surface area contributed by atoms with Gasteiger partial charge in [-0.25, -0.2) is 8.42 Å². The number of sulfonamides is 1. The fraction of sp³-hybridized carbons (Fsp3) is 0.278. The van der Waals surface area contributed by atoms with E-state index in [4.69, 9.17) is 16.3 Å². The number of anilines is 1. The van der Waals surface area contributed by atoms with Gasteiger partial charge in [0.05, 0.1) is 35.7 Å². The summed E-state index contributed by atoms with van der Waals surface area (Å²) < 4.78 is 29.6. The minimum absolute atomic E-state index is 0.208. The number of nitrogens with one attached hydrogen (secondary N) is 1. The van der Waals surface area contributed by atoms with Crippen LogP contribution in [0.5, 0.6) is 5.75 Å². The molecule has 0 fully saturated rings. The fourth-order valence-electron chi connectivity index (χ4n) is 2.32. The molecule has 26 heavy (non-hydrogen) atoms. The van der Waals surface area contributed by atoms with Crippen molar-refractivity contribution in [1.29, 1.82) is 0 Å². The van der Waals surface area contributed by atoms with Crippen molar-refractivity contribution >= 4 is 33.2 Å². The molecule has 0 saturated carbocycles. The molecule has 0 saturated heterocycles. The van der Waals surface area contributed by atoms with Crippen LogP contribution in [0.25, 0.3) is 0 Å². The van der Waals surface area contributed by atoms with E-state index in [0.29, 0.717) is 5.69 Å². The van der Waals surface area contributed by atoms with E-state index in [-0.39, 0.29) is 22.5 Å².